The van der Waals surface area contributed by atoms with Gasteiger partial charge in [0.25, 0.3) is 5.91 Å². The monoisotopic (exact) mass is 314 g/mol. The third-order valence-corrected chi connectivity index (χ3v) is 4.56. The normalized spacial score (nSPS) is 16.0. The van der Waals surface area contributed by atoms with Gasteiger partial charge in [-0.3, -0.25) is 4.79 Å². The van der Waals surface area contributed by atoms with Gasteiger partial charge in [-0.15, -0.1) is 11.3 Å². The van der Waals surface area contributed by atoms with Gasteiger partial charge in [-0.2, -0.15) is 0 Å². The molecule has 1 aliphatic rings. The van der Waals surface area contributed by atoms with Gasteiger partial charge in [0.05, 0.1) is 0 Å². The van der Waals surface area contributed by atoms with E-state index in [0.717, 1.165) is 12.8 Å². The number of rotatable bonds is 4. The lowest BCUT2D eigenvalue weighted by Crippen LogP contribution is -2.34. The van der Waals surface area contributed by atoms with Crippen LogP contribution in [-0.4, -0.2) is 26.9 Å². The molecule has 22 heavy (non-hydrogen) atoms. The molecule has 2 aromatic heterocycles. The molecule has 0 spiro atoms. The first kappa shape index (κ1) is 14.8. The second kappa shape index (κ2) is 6.79. The zero-order valence-electron chi connectivity index (χ0n) is 12.5. The highest BCUT2D eigenvalue weighted by Crippen LogP contribution is 2.22. The van der Waals surface area contributed by atoms with Crippen LogP contribution in [0.1, 0.15) is 43.1 Å². The number of carbonyl (C=O) groups excluding carboxylic acids is 1. The summed E-state index contributed by atoms with van der Waals surface area (Å²) in [6.07, 6.45) is 10.2. The van der Waals surface area contributed by atoms with E-state index < -0.39 is 0 Å². The van der Waals surface area contributed by atoms with Crippen molar-refractivity contribution in [2.45, 2.75) is 38.6 Å². The van der Waals surface area contributed by atoms with Gasteiger partial charge < -0.3 is 5.32 Å². The quantitative estimate of drug-likeness (QED) is 0.880. The minimum Gasteiger partial charge on any atom is -0.344 e. The van der Waals surface area contributed by atoms with E-state index in [0.29, 0.717) is 16.5 Å². The zero-order valence-corrected chi connectivity index (χ0v) is 13.3. The van der Waals surface area contributed by atoms with Crippen LogP contribution < -0.4 is 5.32 Å². The van der Waals surface area contributed by atoms with Crippen LogP contribution in [0.25, 0.3) is 10.8 Å². The number of aromatic nitrogens is 3. The molecule has 2 aromatic rings. The van der Waals surface area contributed by atoms with Gasteiger partial charge in [-0.25, -0.2) is 15.0 Å². The van der Waals surface area contributed by atoms with Crippen molar-refractivity contribution < 1.29 is 4.79 Å². The van der Waals surface area contributed by atoms with Gasteiger partial charge in [0.2, 0.25) is 0 Å². The van der Waals surface area contributed by atoms with E-state index in [2.05, 4.69) is 26.3 Å². The molecule has 1 unspecified atom stereocenters. The second-order valence-corrected chi connectivity index (χ2v) is 6.19. The van der Waals surface area contributed by atoms with Crippen LogP contribution in [0.3, 0.4) is 0 Å². The van der Waals surface area contributed by atoms with Crippen molar-refractivity contribution in [3.8, 4) is 10.8 Å². The minimum atomic E-state index is -0.141. The van der Waals surface area contributed by atoms with Crippen molar-refractivity contribution >= 4 is 17.2 Å². The molecule has 0 bridgehead atoms. The highest BCUT2D eigenvalue weighted by Gasteiger charge is 2.18. The molecule has 5 nitrogen and oxygen atoms in total. The maximum absolute atomic E-state index is 12.3. The fourth-order valence-corrected chi connectivity index (χ4v) is 3.25. The largest absolute Gasteiger partial charge is 0.344 e. The van der Waals surface area contributed by atoms with Crippen molar-refractivity contribution in [2.24, 2.45) is 0 Å². The Balaban J connectivity index is 1.68. The van der Waals surface area contributed by atoms with Gasteiger partial charge in [0.1, 0.15) is 5.69 Å². The van der Waals surface area contributed by atoms with E-state index in [1.807, 2.05) is 6.92 Å². The van der Waals surface area contributed by atoms with Crippen LogP contribution in [0.15, 0.2) is 35.5 Å². The summed E-state index contributed by atoms with van der Waals surface area (Å²) in [5, 5.41) is 5.44. The summed E-state index contributed by atoms with van der Waals surface area (Å²) in [5.41, 5.74) is 1.75. The lowest BCUT2D eigenvalue weighted by Gasteiger charge is -2.20. The molecular weight excluding hydrogens is 296 g/mol. The van der Waals surface area contributed by atoms with E-state index in [1.54, 1.807) is 23.8 Å². The average Bonchev–Trinajstić information content (AvgIpc) is 3.06. The SMILES string of the molecule is CC(NC(=O)c1csc(-c2ncccn2)n1)C1=CCCCC1. The Hall–Kier alpha value is -2.08. The van der Waals surface area contributed by atoms with E-state index in [4.69, 9.17) is 0 Å². The molecule has 0 aliphatic heterocycles. The molecule has 114 valence electrons. The number of hydrogen-bond donors (Lipinski definition) is 1. The molecule has 1 amide bonds. The number of thiazole rings is 1. The van der Waals surface area contributed by atoms with E-state index >= 15 is 0 Å². The molecule has 0 aromatic carbocycles. The second-order valence-electron chi connectivity index (χ2n) is 5.33. The van der Waals surface area contributed by atoms with Gasteiger partial charge in [0.15, 0.2) is 10.8 Å². The Bertz CT molecular complexity index is 680. The molecular formula is C16H18N4OS. The Labute approximate surface area is 133 Å². The van der Waals surface area contributed by atoms with Crippen LogP contribution in [0.2, 0.25) is 0 Å². The molecule has 6 heteroatoms. The average molecular weight is 314 g/mol. The molecule has 0 saturated carbocycles. The van der Waals surface area contributed by atoms with Crippen LogP contribution in [0.5, 0.6) is 0 Å². The number of amides is 1. The zero-order chi connectivity index (χ0) is 15.4. The van der Waals surface area contributed by atoms with Crippen LogP contribution in [0.4, 0.5) is 0 Å². The Morgan fingerprint density at radius 2 is 2.14 bits per heavy atom. The first-order valence-corrected chi connectivity index (χ1v) is 8.34. The standard InChI is InChI=1S/C16H18N4OS/c1-11(12-6-3-2-4-7-12)19-15(21)13-10-22-16(20-13)14-17-8-5-9-18-14/h5-6,8-11H,2-4,7H2,1H3,(H,19,21). The predicted octanol–water partition coefficient (Wildman–Crippen LogP) is 3.22. The highest BCUT2D eigenvalue weighted by molar-refractivity contribution is 7.13. The first-order valence-electron chi connectivity index (χ1n) is 7.47. The number of carbonyl (C=O) groups is 1. The number of nitrogens with zero attached hydrogens (tertiary/aromatic N) is 3. The smallest absolute Gasteiger partial charge is 0.271 e. The van der Waals surface area contributed by atoms with E-state index in [1.165, 1.54) is 29.8 Å². The van der Waals surface area contributed by atoms with Gasteiger partial charge >= 0.3 is 0 Å². The minimum absolute atomic E-state index is 0.0610. The molecule has 3 rings (SSSR count). The summed E-state index contributed by atoms with van der Waals surface area (Å²) in [5.74, 6) is 0.409. The van der Waals surface area contributed by atoms with Crippen LogP contribution in [-0.2, 0) is 0 Å². The van der Waals surface area contributed by atoms with Crippen molar-refractivity contribution in [2.75, 3.05) is 0 Å². The highest BCUT2D eigenvalue weighted by atomic mass is 32.1. The lowest BCUT2D eigenvalue weighted by molar-refractivity contribution is 0.0940. The molecule has 1 aliphatic carbocycles. The third kappa shape index (κ3) is 3.39. The number of hydrogen-bond acceptors (Lipinski definition) is 5. The van der Waals surface area contributed by atoms with Crippen molar-refractivity contribution in [1.29, 1.82) is 0 Å². The summed E-state index contributed by atoms with van der Waals surface area (Å²) in [6.45, 7) is 2.03. The molecule has 0 saturated heterocycles. The summed E-state index contributed by atoms with van der Waals surface area (Å²) in [6, 6.07) is 1.82. The Morgan fingerprint density at radius 1 is 1.32 bits per heavy atom. The fraction of sp³-hybridized carbons (Fsp3) is 0.375. The Kier molecular flexibility index (Phi) is 4.58. The summed E-state index contributed by atoms with van der Waals surface area (Å²) in [4.78, 5) is 25.0. The van der Waals surface area contributed by atoms with E-state index in [-0.39, 0.29) is 11.9 Å². The number of allylic oxidation sites excluding steroid dienone is 1. The predicted molar refractivity (Wildman–Crippen MR) is 86.6 cm³/mol. The van der Waals surface area contributed by atoms with Crippen LogP contribution >= 0.6 is 11.3 Å². The molecule has 1 N–H and O–H groups in total. The molecule has 0 radical (unpaired) electrons. The van der Waals surface area contributed by atoms with Crippen molar-refractivity contribution in [1.82, 2.24) is 20.3 Å². The third-order valence-electron chi connectivity index (χ3n) is 3.72. The topological polar surface area (TPSA) is 67.8 Å². The summed E-state index contributed by atoms with van der Waals surface area (Å²) < 4.78 is 0. The molecule has 2 heterocycles. The lowest BCUT2D eigenvalue weighted by atomic mass is 9.95. The Morgan fingerprint density at radius 3 is 2.86 bits per heavy atom. The summed E-state index contributed by atoms with van der Waals surface area (Å²) in [7, 11) is 0. The summed E-state index contributed by atoms with van der Waals surface area (Å²) >= 11 is 1.38. The molecule has 1 atom stereocenters. The van der Waals surface area contributed by atoms with Gasteiger partial charge in [-0.1, -0.05) is 11.6 Å². The fourth-order valence-electron chi connectivity index (χ4n) is 2.51. The van der Waals surface area contributed by atoms with Crippen molar-refractivity contribution in [3.05, 3.63) is 41.2 Å². The first-order chi connectivity index (χ1) is 10.7. The maximum Gasteiger partial charge on any atom is 0.271 e. The number of nitrogens with one attached hydrogen (secondary N) is 1. The molecule has 0 fully saturated rings. The van der Waals surface area contributed by atoms with Crippen molar-refractivity contribution in [3.63, 3.8) is 0 Å². The van der Waals surface area contributed by atoms with E-state index in [9.17, 15) is 4.79 Å². The van der Waals surface area contributed by atoms with Crippen LogP contribution in [0, 0.1) is 0 Å². The van der Waals surface area contributed by atoms with Gasteiger partial charge in [-0.05, 0) is 38.7 Å². The van der Waals surface area contributed by atoms with Gasteiger partial charge in [0, 0.05) is 23.8 Å². The maximum atomic E-state index is 12.3.